The molecule has 0 aromatic heterocycles. The number of rotatable bonds is 2. The molecule has 0 bridgehead atoms. The van der Waals surface area contributed by atoms with Crippen LogP contribution in [0.1, 0.15) is 12.5 Å². The van der Waals surface area contributed by atoms with E-state index in [0.717, 1.165) is 5.56 Å². The second-order valence-electron chi connectivity index (χ2n) is 2.46. The summed E-state index contributed by atoms with van der Waals surface area (Å²) in [6.07, 6.45) is 3.04. The van der Waals surface area contributed by atoms with Crippen molar-refractivity contribution in [1.29, 1.82) is 0 Å². The van der Waals surface area contributed by atoms with Gasteiger partial charge in [-0.3, -0.25) is 4.79 Å². The molecule has 0 aliphatic heterocycles. The molecule has 0 spiro atoms. The fraction of sp³-hybridized carbons (Fsp3) is 0.100. The summed E-state index contributed by atoms with van der Waals surface area (Å²) >= 11 is 5.69. The highest BCUT2D eigenvalue weighted by atomic mass is 35.5. The molecule has 1 aromatic carbocycles. The van der Waals surface area contributed by atoms with Crippen molar-refractivity contribution in [3.05, 3.63) is 41.1 Å². The second-order valence-corrected chi connectivity index (χ2v) is 2.90. The minimum Gasteiger partial charge on any atom is -0.435 e. The highest BCUT2D eigenvalue weighted by Crippen LogP contribution is 2.10. The Labute approximate surface area is 81.8 Å². The summed E-state index contributed by atoms with van der Waals surface area (Å²) in [5.74, 6) is -0.329. The molecular weight excluding hydrogens is 188 g/mol. The number of benzene rings is 1. The van der Waals surface area contributed by atoms with Crippen molar-refractivity contribution in [2.75, 3.05) is 0 Å². The van der Waals surface area contributed by atoms with Crippen molar-refractivity contribution in [2.45, 2.75) is 6.92 Å². The maximum absolute atomic E-state index is 10.4. The largest absolute Gasteiger partial charge is 0.435 e. The summed E-state index contributed by atoms with van der Waals surface area (Å²) in [7, 11) is 0. The Balaban J connectivity index is 2.59. The van der Waals surface area contributed by atoms with Crippen LogP contribution in [0.2, 0.25) is 5.02 Å². The first-order valence-corrected chi connectivity index (χ1v) is 4.15. The fourth-order valence-electron chi connectivity index (χ4n) is 0.782. The van der Waals surface area contributed by atoms with Crippen molar-refractivity contribution >= 4 is 23.6 Å². The first-order valence-electron chi connectivity index (χ1n) is 3.78. The van der Waals surface area contributed by atoms with Gasteiger partial charge in [0.25, 0.3) is 0 Å². The minimum atomic E-state index is -0.329. The Bertz CT molecular complexity index is 314. The molecule has 1 rings (SSSR count). The molecule has 0 saturated heterocycles. The number of carbonyl (C=O) groups excluding carboxylic acids is 1. The Hall–Kier alpha value is -1.28. The molecule has 13 heavy (non-hydrogen) atoms. The number of hydrogen-bond acceptors (Lipinski definition) is 2. The molecule has 0 fully saturated rings. The molecule has 0 aliphatic carbocycles. The van der Waals surface area contributed by atoms with E-state index in [1.54, 1.807) is 18.2 Å². The maximum atomic E-state index is 10.4. The van der Waals surface area contributed by atoms with Gasteiger partial charge in [0.2, 0.25) is 0 Å². The third-order valence-corrected chi connectivity index (χ3v) is 1.62. The van der Waals surface area contributed by atoms with Crippen LogP contribution in [0.15, 0.2) is 30.5 Å². The number of carbonyl (C=O) groups is 1. The summed E-state index contributed by atoms with van der Waals surface area (Å²) in [6, 6.07) is 7.22. The zero-order valence-electron chi connectivity index (χ0n) is 7.16. The van der Waals surface area contributed by atoms with E-state index in [2.05, 4.69) is 4.74 Å². The van der Waals surface area contributed by atoms with Gasteiger partial charge in [-0.2, -0.15) is 0 Å². The van der Waals surface area contributed by atoms with Gasteiger partial charge in [0.05, 0.1) is 6.26 Å². The van der Waals surface area contributed by atoms with Crippen molar-refractivity contribution in [1.82, 2.24) is 0 Å². The monoisotopic (exact) mass is 196 g/mol. The van der Waals surface area contributed by atoms with Crippen LogP contribution in [0.4, 0.5) is 0 Å². The lowest BCUT2D eigenvalue weighted by Crippen LogP contribution is -1.88. The maximum Gasteiger partial charge on any atom is 0.307 e. The average Bonchev–Trinajstić information content (AvgIpc) is 2.08. The van der Waals surface area contributed by atoms with Crippen LogP contribution in [-0.4, -0.2) is 5.97 Å². The lowest BCUT2D eigenvalue weighted by atomic mass is 10.2. The molecule has 0 N–H and O–H groups in total. The van der Waals surface area contributed by atoms with Crippen LogP contribution in [-0.2, 0) is 9.53 Å². The van der Waals surface area contributed by atoms with Gasteiger partial charge in [-0.15, -0.1) is 0 Å². The van der Waals surface area contributed by atoms with Crippen LogP contribution in [0.3, 0.4) is 0 Å². The van der Waals surface area contributed by atoms with Crippen LogP contribution in [0.5, 0.6) is 0 Å². The highest BCUT2D eigenvalue weighted by molar-refractivity contribution is 6.30. The smallest absolute Gasteiger partial charge is 0.307 e. The highest BCUT2D eigenvalue weighted by Gasteiger charge is 1.88. The van der Waals surface area contributed by atoms with Crippen molar-refractivity contribution in [3.63, 3.8) is 0 Å². The van der Waals surface area contributed by atoms with Gasteiger partial charge < -0.3 is 4.74 Å². The Morgan fingerprint density at radius 1 is 1.38 bits per heavy atom. The van der Waals surface area contributed by atoms with Crippen LogP contribution in [0.25, 0.3) is 6.08 Å². The molecule has 68 valence electrons. The molecule has 2 nitrogen and oxygen atoms in total. The van der Waals surface area contributed by atoms with E-state index in [0.29, 0.717) is 5.02 Å². The molecule has 1 aromatic rings. The second kappa shape index (κ2) is 4.67. The third-order valence-electron chi connectivity index (χ3n) is 1.36. The first-order chi connectivity index (χ1) is 6.18. The zero-order chi connectivity index (χ0) is 9.68. The quantitative estimate of drug-likeness (QED) is 0.537. The first kappa shape index (κ1) is 9.81. The molecule has 0 radical (unpaired) electrons. The predicted octanol–water partition coefficient (Wildman–Crippen LogP) is 2.87. The molecule has 0 saturated carbocycles. The van der Waals surface area contributed by atoms with Gasteiger partial charge in [-0.1, -0.05) is 23.7 Å². The molecule has 0 unspecified atom stereocenters. The average molecular weight is 197 g/mol. The summed E-state index contributed by atoms with van der Waals surface area (Å²) < 4.78 is 4.62. The van der Waals surface area contributed by atoms with E-state index in [1.165, 1.54) is 13.2 Å². The normalized spacial score (nSPS) is 10.3. The van der Waals surface area contributed by atoms with E-state index in [4.69, 9.17) is 11.6 Å². The van der Waals surface area contributed by atoms with Gasteiger partial charge >= 0.3 is 5.97 Å². The Morgan fingerprint density at radius 2 is 2.00 bits per heavy atom. The van der Waals surface area contributed by atoms with Crippen molar-refractivity contribution in [2.24, 2.45) is 0 Å². The summed E-state index contributed by atoms with van der Waals surface area (Å²) in [6.45, 7) is 1.35. The number of halogens is 1. The molecule has 3 heteroatoms. The van der Waals surface area contributed by atoms with Gasteiger partial charge in [-0.25, -0.2) is 0 Å². The lowest BCUT2D eigenvalue weighted by molar-refractivity contribution is -0.135. The van der Waals surface area contributed by atoms with E-state index >= 15 is 0 Å². The third kappa shape index (κ3) is 3.76. The Morgan fingerprint density at radius 3 is 2.54 bits per heavy atom. The molecular formula is C10H9ClO2. The molecule has 0 amide bonds. The summed E-state index contributed by atoms with van der Waals surface area (Å²) in [4.78, 5) is 10.4. The van der Waals surface area contributed by atoms with E-state index in [9.17, 15) is 4.79 Å². The fourth-order valence-corrected chi connectivity index (χ4v) is 0.908. The number of ether oxygens (including phenoxy) is 1. The van der Waals surface area contributed by atoms with Crippen molar-refractivity contribution in [3.8, 4) is 0 Å². The van der Waals surface area contributed by atoms with Crippen LogP contribution >= 0.6 is 11.6 Å². The van der Waals surface area contributed by atoms with Crippen LogP contribution in [0, 0.1) is 0 Å². The minimum absolute atomic E-state index is 0.329. The molecule has 0 atom stereocenters. The topological polar surface area (TPSA) is 26.3 Å². The predicted molar refractivity (Wildman–Crippen MR) is 52.3 cm³/mol. The number of hydrogen-bond donors (Lipinski definition) is 0. The Kier molecular flexibility index (Phi) is 3.53. The van der Waals surface area contributed by atoms with Gasteiger partial charge in [-0.05, 0) is 23.8 Å². The van der Waals surface area contributed by atoms with Gasteiger partial charge in [0.1, 0.15) is 0 Å². The lowest BCUT2D eigenvalue weighted by Gasteiger charge is -1.93. The van der Waals surface area contributed by atoms with E-state index in [1.807, 2.05) is 12.1 Å². The van der Waals surface area contributed by atoms with E-state index < -0.39 is 0 Å². The molecule has 0 aliphatic rings. The summed E-state index contributed by atoms with van der Waals surface area (Å²) in [5.41, 5.74) is 0.936. The SMILES string of the molecule is CC(=O)O/C=C/c1ccc(Cl)cc1. The van der Waals surface area contributed by atoms with E-state index in [-0.39, 0.29) is 5.97 Å². The van der Waals surface area contributed by atoms with Gasteiger partial charge in [0.15, 0.2) is 0 Å². The standard InChI is InChI=1S/C10H9ClO2/c1-8(12)13-7-6-9-2-4-10(11)5-3-9/h2-7H,1H3/b7-6+. The zero-order valence-corrected chi connectivity index (χ0v) is 7.91. The molecule has 0 heterocycles. The van der Waals surface area contributed by atoms with Gasteiger partial charge in [0, 0.05) is 11.9 Å². The van der Waals surface area contributed by atoms with Crippen LogP contribution < -0.4 is 0 Å². The summed E-state index contributed by atoms with van der Waals surface area (Å²) in [5, 5.41) is 0.685. The van der Waals surface area contributed by atoms with Crippen molar-refractivity contribution < 1.29 is 9.53 Å². The number of esters is 1.